The lowest BCUT2D eigenvalue weighted by Crippen LogP contribution is -2.29. The quantitative estimate of drug-likeness (QED) is 0.709. The minimum atomic E-state index is -0.230. The third-order valence-corrected chi connectivity index (χ3v) is 5.19. The van der Waals surface area contributed by atoms with Crippen LogP contribution in [0.3, 0.4) is 0 Å². The van der Waals surface area contributed by atoms with Crippen molar-refractivity contribution in [1.82, 2.24) is 29.9 Å². The van der Waals surface area contributed by atoms with Gasteiger partial charge in [-0.3, -0.25) is 14.5 Å². The lowest BCUT2D eigenvalue weighted by Gasteiger charge is -2.09. The number of aromatic amines is 1. The Bertz CT molecular complexity index is 819. The Kier molecular flexibility index (Phi) is 5.41. The molecule has 25 heavy (non-hydrogen) atoms. The van der Waals surface area contributed by atoms with Gasteiger partial charge in [-0.1, -0.05) is 13.8 Å². The summed E-state index contributed by atoms with van der Waals surface area (Å²) in [6, 6.07) is 0. The van der Waals surface area contributed by atoms with Crippen LogP contribution in [0.1, 0.15) is 61.0 Å². The second-order valence-corrected chi connectivity index (χ2v) is 7.39. The lowest BCUT2D eigenvalue weighted by atomic mass is 10.1. The molecule has 0 unspecified atom stereocenters. The topological polar surface area (TPSA) is 97.6 Å². The summed E-state index contributed by atoms with van der Waals surface area (Å²) in [7, 11) is 0. The van der Waals surface area contributed by atoms with Crippen LogP contribution in [0.2, 0.25) is 0 Å². The number of hydrogen-bond donors (Lipinski definition) is 2. The van der Waals surface area contributed by atoms with E-state index in [9.17, 15) is 9.59 Å². The Hall–Kier alpha value is -1.90. The van der Waals surface area contributed by atoms with Crippen molar-refractivity contribution in [1.29, 1.82) is 0 Å². The zero-order valence-electron chi connectivity index (χ0n) is 14.5. The van der Waals surface area contributed by atoms with Gasteiger partial charge in [-0.15, -0.1) is 0 Å². The Morgan fingerprint density at radius 1 is 1.40 bits per heavy atom. The van der Waals surface area contributed by atoms with Crippen LogP contribution in [0.4, 0.5) is 0 Å². The molecule has 0 bridgehead atoms. The molecule has 1 aliphatic rings. The fraction of sp³-hybridized carbons (Fsp3) is 0.625. The van der Waals surface area contributed by atoms with E-state index in [0.29, 0.717) is 29.7 Å². The molecule has 0 saturated carbocycles. The molecule has 0 aromatic carbocycles. The first-order valence-corrected chi connectivity index (χ1v) is 9.46. The summed E-state index contributed by atoms with van der Waals surface area (Å²) in [6.45, 7) is 5.78. The third kappa shape index (κ3) is 3.70. The van der Waals surface area contributed by atoms with Gasteiger partial charge in [0.15, 0.2) is 5.69 Å². The van der Waals surface area contributed by atoms with Crippen LogP contribution in [0.15, 0.2) is 9.27 Å². The van der Waals surface area contributed by atoms with Crippen LogP contribution in [-0.2, 0) is 19.5 Å². The molecule has 2 N–H and O–H groups in total. The number of amides is 1. The third-order valence-electron chi connectivity index (χ3n) is 4.39. The summed E-state index contributed by atoms with van der Waals surface area (Å²) >= 11 is 3.43. The molecule has 9 heteroatoms. The number of nitrogens with one attached hydrogen (secondary N) is 2. The number of fused-ring (bicyclic) bond motifs is 1. The predicted molar refractivity (Wildman–Crippen MR) is 96.8 cm³/mol. The molecule has 0 saturated heterocycles. The maximum Gasteiger partial charge on any atom is 0.345 e. The van der Waals surface area contributed by atoms with Gasteiger partial charge in [0.25, 0.3) is 5.91 Å². The monoisotopic (exact) mass is 410 g/mol. The average molecular weight is 411 g/mol. The first kappa shape index (κ1) is 17.9. The first-order chi connectivity index (χ1) is 12.0. The van der Waals surface area contributed by atoms with E-state index in [1.165, 1.54) is 4.68 Å². The highest BCUT2D eigenvalue weighted by Gasteiger charge is 2.19. The van der Waals surface area contributed by atoms with Gasteiger partial charge < -0.3 is 5.32 Å². The van der Waals surface area contributed by atoms with Gasteiger partial charge in [0.1, 0.15) is 5.82 Å². The summed E-state index contributed by atoms with van der Waals surface area (Å²) in [4.78, 5) is 24.5. The molecule has 0 aliphatic carbocycles. The van der Waals surface area contributed by atoms with Crippen molar-refractivity contribution in [3.8, 4) is 0 Å². The van der Waals surface area contributed by atoms with Gasteiger partial charge in [0.2, 0.25) is 0 Å². The van der Waals surface area contributed by atoms with Crippen LogP contribution >= 0.6 is 15.9 Å². The van der Waals surface area contributed by atoms with Crippen molar-refractivity contribution in [3.05, 3.63) is 32.2 Å². The second kappa shape index (κ2) is 7.55. The van der Waals surface area contributed by atoms with E-state index in [4.69, 9.17) is 0 Å². The molecule has 2 aromatic rings. The molecule has 3 rings (SSSR count). The van der Waals surface area contributed by atoms with E-state index in [-0.39, 0.29) is 17.5 Å². The molecule has 0 atom stereocenters. The van der Waals surface area contributed by atoms with Gasteiger partial charge in [0.05, 0.1) is 10.2 Å². The Balaban J connectivity index is 1.53. The highest BCUT2D eigenvalue weighted by atomic mass is 79.9. The maximum atomic E-state index is 12.2. The summed E-state index contributed by atoms with van der Waals surface area (Å²) in [5.74, 6) is 0.899. The van der Waals surface area contributed by atoms with Crippen LogP contribution in [0.5, 0.6) is 0 Å². The average Bonchev–Trinajstić information content (AvgIpc) is 3.13. The maximum absolute atomic E-state index is 12.2. The number of nitrogens with zero attached hydrogens (tertiary/aromatic N) is 4. The molecule has 0 fully saturated rings. The van der Waals surface area contributed by atoms with Crippen molar-refractivity contribution >= 4 is 21.8 Å². The van der Waals surface area contributed by atoms with Crippen LogP contribution in [0.25, 0.3) is 0 Å². The number of halogens is 1. The Morgan fingerprint density at radius 2 is 2.20 bits per heavy atom. The molecule has 1 amide bonds. The van der Waals surface area contributed by atoms with E-state index < -0.39 is 0 Å². The van der Waals surface area contributed by atoms with E-state index in [0.717, 1.165) is 37.3 Å². The zero-order valence-corrected chi connectivity index (χ0v) is 16.1. The van der Waals surface area contributed by atoms with Crippen molar-refractivity contribution in [3.63, 3.8) is 0 Å². The number of carbonyl (C=O) groups is 1. The summed E-state index contributed by atoms with van der Waals surface area (Å²) in [6.07, 6.45) is 3.63. The van der Waals surface area contributed by atoms with Gasteiger partial charge in [0, 0.05) is 26.1 Å². The van der Waals surface area contributed by atoms with Crippen LogP contribution in [-0.4, -0.2) is 37.0 Å². The molecule has 1 aliphatic heterocycles. The SMILES string of the molecule is CC(C)c1[nH]nc(C(=O)NCCCn2nc3n(c2=O)CCCC3)c1Br. The van der Waals surface area contributed by atoms with Gasteiger partial charge in [-0.2, -0.15) is 10.2 Å². The minimum Gasteiger partial charge on any atom is -0.351 e. The van der Waals surface area contributed by atoms with E-state index in [1.807, 2.05) is 13.8 Å². The first-order valence-electron chi connectivity index (χ1n) is 8.67. The fourth-order valence-electron chi connectivity index (χ4n) is 2.98. The number of aromatic nitrogens is 5. The number of carbonyl (C=O) groups excluding carboxylic acids is 1. The molecular weight excluding hydrogens is 388 g/mol. The van der Waals surface area contributed by atoms with Crippen molar-refractivity contribution in [2.45, 2.75) is 58.5 Å². The molecule has 8 nitrogen and oxygen atoms in total. The molecule has 0 radical (unpaired) electrons. The van der Waals surface area contributed by atoms with E-state index in [2.05, 4.69) is 36.5 Å². The zero-order chi connectivity index (χ0) is 18.0. The van der Waals surface area contributed by atoms with Crippen LogP contribution in [0, 0.1) is 0 Å². The standard InChI is InChI=1S/C16H23BrN6O2/c1-10(2)13-12(17)14(20-19-13)15(24)18-7-5-9-23-16(25)22-8-4-3-6-11(22)21-23/h10H,3-9H2,1-2H3,(H,18,24)(H,19,20). The van der Waals surface area contributed by atoms with Crippen molar-refractivity contribution in [2.24, 2.45) is 0 Å². The van der Waals surface area contributed by atoms with Gasteiger partial charge in [-0.25, -0.2) is 9.48 Å². The highest BCUT2D eigenvalue weighted by Crippen LogP contribution is 2.25. The molecule has 2 aromatic heterocycles. The number of rotatable bonds is 6. The van der Waals surface area contributed by atoms with E-state index >= 15 is 0 Å². The molecule has 0 spiro atoms. The normalized spacial score (nSPS) is 13.9. The van der Waals surface area contributed by atoms with Crippen molar-refractivity contribution < 1.29 is 4.79 Å². The summed E-state index contributed by atoms with van der Waals surface area (Å²) in [5.41, 5.74) is 1.22. The molecule has 136 valence electrons. The van der Waals surface area contributed by atoms with E-state index in [1.54, 1.807) is 4.57 Å². The van der Waals surface area contributed by atoms with Crippen LogP contribution < -0.4 is 11.0 Å². The molecular formula is C16H23BrN6O2. The summed E-state index contributed by atoms with van der Waals surface area (Å²) in [5, 5.41) is 14.2. The van der Waals surface area contributed by atoms with Gasteiger partial charge >= 0.3 is 5.69 Å². The number of H-pyrrole nitrogens is 1. The number of hydrogen-bond acceptors (Lipinski definition) is 4. The molecule has 3 heterocycles. The number of aryl methyl sites for hydroxylation is 2. The predicted octanol–water partition coefficient (Wildman–Crippen LogP) is 1.81. The Labute approximate surface area is 154 Å². The second-order valence-electron chi connectivity index (χ2n) is 6.59. The highest BCUT2D eigenvalue weighted by molar-refractivity contribution is 9.10. The summed E-state index contributed by atoms with van der Waals surface area (Å²) < 4.78 is 3.97. The van der Waals surface area contributed by atoms with Crippen molar-refractivity contribution in [2.75, 3.05) is 6.54 Å². The van der Waals surface area contributed by atoms with Gasteiger partial charge in [-0.05, 0) is 41.1 Å². The largest absolute Gasteiger partial charge is 0.351 e. The smallest absolute Gasteiger partial charge is 0.345 e. The lowest BCUT2D eigenvalue weighted by molar-refractivity contribution is 0.0947. The fourth-order valence-corrected chi connectivity index (χ4v) is 3.80. The minimum absolute atomic E-state index is 0.0438. The Morgan fingerprint density at radius 3 is 2.88 bits per heavy atom.